The first-order chi connectivity index (χ1) is 7.59. The lowest BCUT2D eigenvalue weighted by Gasteiger charge is -2.15. The Morgan fingerprint density at radius 3 is 2.75 bits per heavy atom. The summed E-state index contributed by atoms with van der Waals surface area (Å²) in [6, 6.07) is 1.38. The molecule has 7 heteroatoms. The molecular weight excluding hydrogens is 220 g/mol. The van der Waals surface area contributed by atoms with Gasteiger partial charge < -0.3 is 5.11 Å². The molecule has 0 bridgehead atoms. The standard InChI is InChI=1S/C9H7F2N3O2/c10-5-3-6(9(15)16)8(7(11)4-5)14-2-1-12-13-14/h3-4H,1-2H2,(H,15,16). The van der Waals surface area contributed by atoms with Gasteiger partial charge in [-0.1, -0.05) is 5.22 Å². The summed E-state index contributed by atoms with van der Waals surface area (Å²) in [7, 11) is 0. The lowest BCUT2D eigenvalue weighted by molar-refractivity contribution is 0.0696. The second-order valence-electron chi connectivity index (χ2n) is 3.17. The van der Waals surface area contributed by atoms with Crippen molar-refractivity contribution in [2.75, 3.05) is 18.1 Å². The smallest absolute Gasteiger partial charge is 0.338 e. The fraction of sp³-hybridized carbons (Fsp3) is 0.222. The SMILES string of the molecule is O=C(O)c1cc(F)cc(F)c1N1CCN=N1. The van der Waals surface area contributed by atoms with Crippen LogP contribution in [0.25, 0.3) is 0 Å². The van der Waals surface area contributed by atoms with E-state index in [4.69, 9.17) is 5.11 Å². The Kier molecular flexibility index (Phi) is 2.51. The van der Waals surface area contributed by atoms with Crippen LogP contribution in [0.5, 0.6) is 0 Å². The summed E-state index contributed by atoms with van der Waals surface area (Å²) in [4.78, 5) is 10.9. The van der Waals surface area contributed by atoms with Crippen molar-refractivity contribution >= 4 is 11.7 Å². The van der Waals surface area contributed by atoms with Crippen LogP contribution in [0, 0.1) is 11.6 Å². The molecule has 0 aliphatic carbocycles. The molecule has 0 saturated carbocycles. The molecule has 0 aromatic heterocycles. The molecule has 1 aliphatic heterocycles. The van der Waals surface area contributed by atoms with Crippen molar-refractivity contribution < 1.29 is 18.7 Å². The largest absolute Gasteiger partial charge is 0.478 e. The van der Waals surface area contributed by atoms with Crippen molar-refractivity contribution in [2.45, 2.75) is 0 Å². The van der Waals surface area contributed by atoms with E-state index in [2.05, 4.69) is 10.3 Å². The van der Waals surface area contributed by atoms with Crippen LogP contribution in [0.4, 0.5) is 14.5 Å². The molecule has 1 aromatic carbocycles. The van der Waals surface area contributed by atoms with Gasteiger partial charge in [0.1, 0.15) is 11.5 Å². The van der Waals surface area contributed by atoms with Gasteiger partial charge in [0.15, 0.2) is 5.82 Å². The monoisotopic (exact) mass is 227 g/mol. The molecule has 0 saturated heterocycles. The summed E-state index contributed by atoms with van der Waals surface area (Å²) >= 11 is 0. The summed E-state index contributed by atoms with van der Waals surface area (Å²) in [5.41, 5.74) is -0.714. The van der Waals surface area contributed by atoms with E-state index in [0.717, 1.165) is 11.1 Å². The summed E-state index contributed by atoms with van der Waals surface area (Å²) in [6.07, 6.45) is 0. The third-order valence-corrected chi connectivity index (χ3v) is 2.10. The average molecular weight is 227 g/mol. The van der Waals surface area contributed by atoms with E-state index in [1.807, 2.05) is 0 Å². The Labute approximate surface area is 89.0 Å². The fourth-order valence-corrected chi connectivity index (χ4v) is 1.45. The van der Waals surface area contributed by atoms with Crippen molar-refractivity contribution in [1.29, 1.82) is 0 Å². The fourth-order valence-electron chi connectivity index (χ4n) is 1.45. The first-order valence-electron chi connectivity index (χ1n) is 4.47. The highest BCUT2D eigenvalue weighted by Crippen LogP contribution is 2.27. The summed E-state index contributed by atoms with van der Waals surface area (Å²) in [5.74, 6) is -3.30. The molecule has 0 fully saturated rings. The van der Waals surface area contributed by atoms with Gasteiger partial charge in [-0.25, -0.2) is 18.6 Å². The highest BCUT2D eigenvalue weighted by Gasteiger charge is 2.23. The van der Waals surface area contributed by atoms with E-state index in [9.17, 15) is 13.6 Å². The van der Waals surface area contributed by atoms with Crippen LogP contribution >= 0.6 is 0 Å². The van der Waals surface area contributed by atoms with Crippen LogP contribution in [0.2, 0.25) is 0 Å². The molecule has 0 spiro atoms. The molecule has 0 amide bonds. The molecule has 84 valence electrons. The van der Waals surface area contributed by atoms with Gasteiger partial charge in [0, 0.05) is 6.07 Å². The van der Waals surface area contributed by atoms with E-state index < -0.39 is 23.2 Å². The normalized spacial score (nSPS) is 14.5. The van der Waals surface area contributed by atoms with Crippen LogP contribution in [0.1, 0.15) is 10.4 Å². The molecule has 5 nitrogen and oxygen atoms in total. The summed E-state index contributed by atoms with van der Waals surface area (Å²) in [6.45, 7) is 0.638. The quantitative estimate of drug-likeness (QED) is 0.838. The number of carbonyl (C=O) groups is 1. The zero-order valence-corrected chi connectivity index (χ0v) is 8.02. The number of halogens is 2. The number of aromatic carboxylic acids is 1. The van der Waals surface area contributed by atoms with Crippen LogP contribution in [-0.4, -0.2) is 24.2 Å². The zero-order chi connectivity index (χ0) is 11.7. The van der Waals surface area contributed by atoms with Crippen molar-refractivity contribution in [3.05, 3.63) is 29.3 Å². The molecule has 1 N–H and O–H groups in total. The minimum absolute atomic E-state index is 0.254. The second-order valence-corrected chi connectivity index (χ2v) is 3.17. The molecule has 2 rings (SSSR count). The molecular formula is C9H7F2N3O2. The molecule has 0 unspecified atom stereocenters. The highest BCUT2D eigenvalue weighted by atomic mass is 19.1. The van der Waals surface area contributed by atoms with Gasteiger partial charge >= 0.3 is 5.97 Å². The number of carboxylic acids is 1. The number of anilines is 1. The van der Waals surface area contributed by atoms with Crippen molar-refractivity contribution in [3.8, 4) is 0 Å². The number of hydrogen-bond acceptors (Lipinski definition) is 4. The van der Waals surface area contributed by atoms with E-state index in [-0.39, 0.29) is 12.2 Å². The van der Waals surface area contributed by atoms with Gasteiger partial charge in [-0.05, 0) is 6.07 Å². The predicted molar refractivity (Wildman–Crippen MR) is 50.4 cm³/mol. The van der Waals surface area contributed by atoms with Crippen LogP contribution in [0.15, 0.2) is 22.5 Å². The van der Waals surface area contributed by atoms with E-state index in [0.29, 0.717) is 12.6 Å². The third kappa shape index (κ3) is 1.71. The first-order valence-corrected chi connectivity index (χ1v) is 4.47. The summed E-state index contributed by atoms with van der Waals surface area (Å²) in [5, 5.41) is 17.1. The first kappa shape index (κ1) is 10.5. The van der Waals surface area contributed by atoms with E-state index in [1.165, 1.54) is 0 Å². The molecule has 0 atom stereocenters. The van der Waals surface area contributed by atoms with Gasteiger partial charge in [-0.15, -0.1) is 0 Å². The van der Waals surface area contributed by atoms with Gasteiger partial charge in [0.2, 0.25) is 0 Å². The van der Waals surface area contributed by atoms with Crippen molar-refractivity contribution in [1.82, 2.24) is 0 Å². The lowest BCUT2D eigenvalue weighted by atomic mass is 10.1. The van der Waals surface area contributed by atoms with Crippen LogP contribution < -0.4 is 5.01 Å². The number of rotatable bonds is 2. The minimum Gasteiger partial charge on any atom is -0.478 e. The molecule has 1 aliphatic rings. The number of nitrogens with zero attached hydrogens (tertiary/aromatic N) is 3. The maximum absolute atomic E-state index is 13.5. The molecule has 1 aromatic rings. The van der Waals surface area contributed by atoms with Gasteiger partial charge in [-0.3, -0.25) is 0 Å². The van der Waals surface area contributed by atoms with Crippen LogP contribution in [-0.2, 0) is 0 Å². The Balaban J connectivity index is 2.57. The van der Waals surface area contributed by atoms with Gasteiger partial charge in [-0.2, -0.15) is 5.11 Å². The van der Waals surface area contributed by atoms with Crippen LogP contribution in [0.3, 0.4) is 0 Å². The van der Waals surface area contributed by atoms with E-state index >= 15 is 0 Å². The lowest BCUT2D eigenvalue weighted by Crippen LogP contribution is -2.19. The Morgan fingerprint density at radius 2 is 2.19 bits per heavy atom. The predicted octanol–water partition coefficient (Wildman–Crippen LogP) is 1.85. The van der Waals surface area contributed by atoms with Gasteiger partial charge in [0.25, 0.3) is 0 Å². The maximum atomic E-state index is 13.5. The van der Waals surface area contributed by atoms with Crippen molar-refractivity contribution in [3.63, 3.8) is 0 Å². The minimum atomic E-state index is -1.41. The Hall–Kier alpha value is -2.05. The average Bonchev–Trinajstić information content (AvgIpc) is 2.69. The second kappa shape index (κ2) is 3.84. The summed E-state index contributed by atoms with van der Waals surface area (Å²) < 4.78 is 26.4. The van der Waals surface area contributed by atoms with Gasteiger partial charge in [0.05, 0.1) is 18.7 Å². The molecule has 16 heavy (non-hydrogen) atoms. The molecule has 0 radical (unpaired) electrons. The topological polar surface area (TPSA) is 65.3 Å². The maximum Gasteiger partial charge on any atom is 0.338 e. The number of carboxylic acid groups (broad SMARTS) is 1. The highest BCUT2D eigenvalue weighted by molar-refractivity contribution is 5.94. The molecule has 1 heterocycles. The number of benzene rings is 1. The Bertz CT molecular complexity index is 476. The van der Waals surface area contributed by atoms with E-state index in [1.54, 1.807) is 0 Å². The van der Waals surface area contributed by atoms with Crippen molar-refractivity contribution in [2.24, 2.45) is 10.3 Å². The third-order valence-electron chi connectivity index (χ3n) is 2.10. The number of hydrogen-bond donors (Lipinski definition) is 1. The zero-order valence-electron chi connectivity index (χ0n) is 8.02. The Morgan fingerprint density at radius 1 is 1.44 bits per heavy atom.